The molecule has 0 aliphatic carbocycles. The standard InChI is InChI=1S/C57H94N7O18P3S/c1-4-5-6-7-8-9-10-11-12-13-14-15-16-17-18-19-20-21-22-23-24-25-26-27-28-29-30-31-32-33-34-35-45(65)40-48(67)86-39-38-59-47(66)36-37-60-55(70)52(69)57(2,3)42-79-85(76,77)82-84(74,75)78-41-46-51(81-83(71,72)73)50(68)56(80-46)64-44-63-49-53(58)61-43-62-54(49)64/h5-6,8-9,11-12,14-15,17-18,43-44,46,50-52,56,68-69H,4,7,10,13,16,19-42H2,1-3H3,(H,59,66)(H,60,70)(H,74,75)(H,76,77)(H2,58,61,62)(H2,71,72,73)/p-4/b6-5-,9-8-,12-11-,15-14-,18-17-/t46-,50-,51-,52+,56-/m1/s1. The van der Waals surface area contributed by atoms with Crippen LogP contribution in [-0.2, 0) is 55.5 Å². The Morgan fingerprint density at radius 1 is 0.744 bits per heavy atom. The number of phosphoric acid groups is 3. The number of hydrogen-bond acceptors (Lipinski definition) is 23. The lowest BCUT2D eigenvalue weighted by Crippen LogP contribution is -2.46. The van der Waals surface area contributed by atoms with Crippen LogP contribution >= 0.6 is 35.2 Å². The zero-order chi connectivity index (χ0) is 63.3. The maximum atomic E-state index is 12.7. The van der Waals surface area contributed by atoms with Gasteiger partial charge in [-0.05, 0) is 51.4 Å². The van der Waals surface area contributed by atoms with Gasteiger partial charge in [-0.3, -0.25) is 32.9 Å². The number of carbonyl (C=O) groups is 4. The molecule has 1 saturated heterocycles. The number of nitrogen functional groups attached to an aromatic ring is 1. The molecule has 2 unspecified atom stereocenters. The fraction of sp³-hybridized carbons (Fsp3) is 0.667. The van der Waals surface area contributed by atoms with Crippen molar-refractivity contribution in [2.75, 3.05) is 37.8 Å². The summed E-state index contributed by atoms with van der Waals surface area (Å²) < 4.78 is 61.0. The molecule has 86 heavy (non-hydrogen) atoms. The van der Waals surface area contributed by atoms with Crippen molar-refractivity contribution in [2.24, 2.45) is 5.41 Å². The Balaban J connectivity index is 1.15. The fourth-order valence-corrected chi connectivity index (χ4v) is 12.3. The molecule has 29 heteroatoms. The van der Waals surface area contributed by atoms with Gasteiger partial charge >= 0.3 is 0 Å². The molecule has 2 aromatic heterocycles. The predicted molar refractivity (Wildman–Crippen MR) is 321 cm³/mol. The number of aromatic nitrogens is 4. The minimum Gasteiger partial charge on any atom is -0.790 e. The van der Waals surface area contributed by atoms with E-state index in [-0.39, 0.29) is 59.6 Å². The molecule has 7 atom stereocenters. The normalized spacial score (nSPS) is 18.7. The first kappa shape index (κ1) is 76.2. The summed E-state index contributed by atoms with van der Waals surface area (Å²) in [6, 6.07) is 0. The Labute approximate surface area is 510 Å². The summed E-state index contributed by atoms with van der Waals surface area (Å²) in [7, 11) is -17.7. The van der Waals surface area contributed by atoms with Crippen molar-refractivity contribution in [1.29, 1.82) is 0 Å². The number of unbranched alkanes of at least 4 members (excludes halogenated alkanes) is 15. The molecule has 1 fully saturated rings. The van der Waals surface area contributed by atoms with Crippen LogP contribution in [0.2, 0.25) is 0 Å². The van der Waals surface area contributed by atoms with Crippen molar-refractivity contribution < 1.29 is 85.3 Å². The molecule has 3 heterocycles. The number of imidazole rings is 1. The van der Waals surface area contributed by atoms with E-state index in [0.717, 1.165) is 86.8 Å². The zero-order valence-corrected chi connectivity index (χ0v) is 53.4. The highest BCUT2D eigenvalue weighted by atomic mass is 32.2. The second kappa shape index (κ2) is 42.0. The number of aliphatic hydroxyl groups excluding tert-OH is 2. The predicted octanol–water partition coefficient (Wildman–Crippen LogP) is 7.48. The number of allylic oxidation sites excluding steroid dienone is 10. The van der Waals surface area contributed by atoms with Gasteiger partial charge in [-0.2, -0.15) is 0 Å². The van der Waals surface area contributed by atoms with Crippen molar-refractivity contribution >= 4 is 74.9 Å². The number of ether oxygens (including phenoxy) is 1. The van der Waals surface area contributed by atoms with Gasteiger partial charge in [-0.1, -0.05) is 177 Å². The largest absolute Gasteiger partial charge is 0.790 e. The van der Waals surface area contributed by atoms with Crippen molar-refractivity contribution in [3.63, 3.8) is 0 Å². The van der Waals surface area contributed by atoms with Crippen LogP contribution in [0.5, 0.6) is 0 Å². The molecule has 486 valence electrons. The molecular formula is C57H90N7O18P3S-4. The fourth-order valence-electron chi connectivity index (χ4n) is 8.82. The molecule has 0 radical (unpaired) electrons. The third kappa shape index (κ3) is 33.0. The van der Waals surface area contributed by atoms with Gasteiger partial charge in [0.05, 0.1) is 33.8 Å². The van der Waals surface area contributed by atoms with Crippen LogP contribution in [0.1, 0.15) is 181 Å². The topological polar surface area (TPSA) is 392 Å². The van der Waals surface area contributed by atoms with Crippen molar-refractivity contribution in [3.8, 4) is 0 Å². The summed E-state index contributed by atoms with van der Waals surface area (Å²) in [4.78, 5) is 110. The summed E-state index contributed by atoms with van der Waals surface area (Å²) in [6.07, 6.45) is 39.1. The van der Waals surface area contributed by atoms with Crippen LogP contribution in [-0.4, -0.2) is 109 Å². The van der Waals surface area contributed by atoms with E-state index < -0.39 is 84.6 Å². The summed E-state index contributed by atoms with van der Waals surface area (Å²) in [5, 5.41) is 26.1. The molecule has 0 spiro atoms. The van der Waals surface area contributed by atoms with Gasteiger partial charge in [0.2, 0.25) is 11.8 Å². The molecule has 0 aromatic carbocycles. The molecule has 6 N–H and O–H groups in total. The van der Waals surface area contributed by atoms with Gasteiger partial charge < -0.3 is 69.0 Å². The third-order valence-corrected chi connectivity index (χ3v) is 17.5. The molecule has 0 bridgehead atoms. The Bertz CT molecular complexity index is 2650. The van der Waals surface area contributed by atoms with Crippen LogP contribution in [0.25, 0.3) is 11.2 Å². The lowest BCUT2D eigenvalue weighted by molar-refractivity contribution is -0.347. The summed E-state index contributed by atoms with van der Waals surface area (Å²) >= 11 is 0.931. The van der Waals surface area contributed by atoms with Crippen LogP contribution in [0.15, 0.2) is 73.4 Å². The number of anilines is 1. The molecule has 2 amide bonds. The van der Waals surface area contributed by atoms with E-state index in [9.17, 15) is 62.7 Å². The monoisotopic (exact) mass is 1290 g/mol. The number of ketones is 1. The van der Waals surface area contributed by atoms with Gasteiger partial charge in [0, 0.05) is 37.1 Å². The lowest BCUT2D eigenvalue weighted by atomic mass is 9.87. The van der Waals surface area contributed by atoms with Crippen molar-refractivity contribution in [3.05, 3.63) is 73.4 Å². The van der Waals surface area contributed by atoms with E-state index in [1.165, 1.54) is 90.9 Å². The van der Waals surface area contributed by atoms with E-state index in [2.05, 4.69) is 111 Å². The Morgan fingerprint density at radius 3 is 1.85 bits per heavy atom. The summed E-state index contributed by atoms with van der Waals surface area (Å²) in [5.41, 5.74) is 4.06. The number of aliphatic hydroxyl groups is 2. The minimum atomic E-state index is -5.94. The van der Waals surface area contributed by atoms with Gasteiger partial charge in [0.15, 0.2) is 22.8 Å². The zero-order valence-electron chi connectivity index (χ0n) is 49.9. The van der Waals surface area contributed by atoms with E-state index >= 15 is 0 Å². The SMILES string of the molecule is CC/C=C\C/C=C\C/C=C\C/C=C\C/C=C\CCCCCCCCCCCCCCCCCC(=O)CC(=O)SCCNC(=O)CCNC(=O)[C@H](O)C(C)(C)COP(=O)([O-])OP(=O)([O-])OC[C@H]1O[C@@H](n2cnc3c(N)ncnc32)[C@H](O)[C@@H]1OP(=O)([O-])[O-]. The second-order valence-electron chi connectivity index (χ2n) is 21.5. The highest BCUT2D eigenvalue weighted by molar-refractivity contribution is 8.13. The molecule has 0 saturated carbocycles. The number of amides is 2. The Kier molecular flexibility index (Phi) is 37.2. The molecule has 3 rings (SSSR count). The quantitative estimate of drug-likeness (QED) is 0.0185. The first-order valence-corrected chi connectivity index (χ1v) is 35.1. The molecule has 1 aliphatic heterocycles. The van der Waals surface area contributed by atoms with Gasteiger partial charge in [0.1, 0.15) is 42.0 Å². The van der Waals surface area contributed by atoms with Gasteiger partial charge in [-0.25, -0.2) is 19.3 Å². The van der Waals surface area contributed by atoms with E-state index in [0.29, 0.717) is 6.42 Å². The number of hydrogen-bond donors (Lipinski definition) is 5. The van der Waals surface area contributed by atoms with Crippen LogP contribution in [0.3, 0.4) is 0 Å². The van der Waals surface area contributed by atoms with Crippen LogP contribution < -0.4 is 35.9 Å². The number of fused-ring (bicyclic) bond motifs is 1. The Hall–Kier alpha value is -4.07. The van der Waals surface area contributed by atoms with Crippen LogP contribution in [0.4, 0.5) is 5.82 Å². The number of Topliss-reactive ketones (excluding diaryl/α,β-unsaturated/α-hetero) is 1. The molecule has 2 aromatic rings. The highest BCUT2D eigenvalue weighted by Gasteiger charge is 2.47. The second-order valence-corrected chi connectivity index (χ2v) is 26.7. The number of carbonyl (C=O) groups excluding carboxylic acids is 4. The van der Waals surface area contributed by atoms with E-state index in [1.54, 1.807) is 0 Å². The highest BCUT2D eigenvalue weighted by Crippen LogP contribution is 2.56. The van der Waals surface area contributed by atoms with Crippen molar-refractivity contribution in [2.45, 2.75) is 206 Å². The van der Waals surface area contributed by atoms with E-state index in [4.69, 9.17) is 10.5 Å². The maximum Gasteiger partial charge on any atom is 0.274 e. The van der Waals surface area contributed by atoms with Gasteiger partial charge in [0.25, 0.3) is 15.6 Å². The molecule has 1 aliphatic rings. The average Bonchev–Trinajstić information content (AvgIpc) is 1.67. The average molecular weight is 1290 g/mol. The van der Waals surface area contributed by atoms with Crippen molar-refractivity contribution in [1.82, 2.24) is 30.2 Å². The number of phosphoric ester groups is 3. The number of thioether (sulfide) groups is 1. The first-order chi connectivity index (χ1) is 40.9. The summed E-state index contributed by atoms with van der Waals surface area (Å²) in [5.74, 6) is -1.52. The first-order valence-electron chi connectivity index (χ1n) is 29.7. The number of nitrogens with one attached hydrogen (secondary N) is 2. The number of rotatable bonds is 48. The van der Waals surface area contributed by atoms with E-state index in [1.807, 2.05) is 0 Å². The third-order valence-electron chi connectivity index (χ3n) is 13.6. The van der Waals surface area contributed by atoms with Gasteiger partial charge in [-0.15, -0.1) is 0 Å². The Morgan fingerprint density at radius 2 is 1.28 bits per heavy atom. The number of nitrogens with zero attached hydrogens (tertiary/aromatic N) is 4. The number of nitrogens with two attached hydrogens (primary N) is 1. The van der Waals surface area contributed by atoms with Crippen LogP contribution in [0, 0.1) is 5.41 Å². The molecule has 25 nitrogen and oxygen atoms in total. The maximum absolute atomic E-state index is 12.7. The minimum absolute atomic E-state index is 0.0261. The smallest absolute Gasteiger partial charge is 0.274 e. The molecular weight excluding hydrogens is 1200 g/mol. The summed E-state index contributed by atoms with van der Waals surface area (Å²) in [6.45, 7) is 2.09. The lowest BCUT2D eigenvalue weighted by Gasteiger charge is -2.36.